The minimum atomic E-state index is -0.972. The fourth-order valence-electron chi connectivity index (χ4n) is 2.25. The Kier molecular flexibility index (Phi) is 5.65. The molecule has 0 aliphatic rings. The van der Waals surface area contributed by atoms with E-state index in [-0.39, 0.29) is 0 Å². The molecule has 0 aromatic heterocycles. The first-order valence-electron chi connectivity index (χ1n) is 8.03. The van der Waals surface area contributed by atoms with Crippen LogP contribution in [0.4, 0.5) is 5.69 Å². The summed E-state index contributed by atoms with van der Waals surface area (Å²) >= 11 is 0. The van der Waals surface area contributed by atoms with E-state index in [2.05, 4.69) is 17.2 Å². The Morgan fingerprint density at radius 2 is 1.42 bits per heavy atom. The summed E-state index contributed by atoms with van der Waals surface area (Å²) in [4.78, 5) is 23.8. The number of amides is 2. The Balaban J connectivity index is 2.10. The largest absolute Gasteiger partial charge is 0.399 e. The van der Waals surface area contributed by atoms with E-state index in [1.54, 1.807) is 50.2 Å². The van der Waals surface area contributed by atoms with Crippen molar-refractivity contribution in [3.63, 3.8) is 0 Å². The number of carbonyl (C=O) groups is 2. The molecule has 6 nitrogen and oxygen atoms in total. The predicted molar refractivity (Wildman–Crippen MR) is 102 cm³/mol. The molecule has 0 aliphatic carbocycles. The Hall–Kier alpha value is -3.30. The van der Waals surface area contributed by atoms with Gasteiger partial charge in [0, 0.05) is 27.9 Å². The summed E-state index contributed by atoms with van der Waals surface area (Å²) in [5.74, 6) is 4.92. The first-order chi connectivity index (χ1) is 12.2. The average Bonchev–Trinajstić information content (AvgIpc) is 2.58. The molecular weight excluding hydrogens is 328 g/mol. The van der Waals surface area contributed by atoms with E-state index in [1.807, 2.05) is 12.1 Å². The highest BCUT2D eigenvalue weighted by Crippen LogP contribution is 2.09. The summed E-state index contributed by atoms with van der Waals surface area (Å²) < 4.78 is 0. The molecule has 0 aliphatic heterocycles. The quantitative estimate of drug-likeness (QED) is 0.485. The van der Waals surface area contributed by atoms with E-state index in [0.717, 1.165) is 11.1 Å². The van der Waals surface area contributed by atoms with Gasteiger partial charge in [0.05, 0.1) is 0 Å². The van der Waals surface area contributed by atoms with Gasteiger partial charge in [-0.3, -0.25) is 9.59 Å². The van der Waals surface area contributed by atoms with Crippen LogP contribution in [0.25, 0.3) is 0 Å². The lowest BCUT2D eigenvalue weighted by atomic mass is 9.95. The lowest BCUT2D eigenvalue weighted by Gasteiger charge is -2.28. The Labute approximate surface area is 152 Å². The van der Waals surface area contributed by atoms with Crippen LogP contribution >= 0.6 is 0 Å². The van der Waals surface area contributed by atoms with Gasteiger partial charge in [-0.1, -0.05) is 11.8 Å². The Bertz CT molecular complexity index is 854. The van der Waals surface area contributed by atoms with Gasteiger partial charge in [0.15, 0.2) is 0 Å². The third-order valence-corrected chi connectivity index (χ3v) is 3.71. The smallest absolute Gasteiger partial charge is 0.251 e. The molecular formula is C20H22N4O2. The fraction of sp³-hybridized carbons (Fsp3) is 0.200. The Morgan fingerprint density at radius 1 is 0.962 bits per heavy atom. The van der Waals surface area contributed by atoms with Gasteiger partial charge in [-0.25, -0.2) is 0 Å². The molecule has 2 rings (SSSR count). The van der Waals surface area contributed by atoms with Crippen molar-refractivity contribution in [2.24, 2.45) is 11.5 Å². The van der Waals surface area contributed by atoms with Crippen molar-refractivity contribution in [2.75, 3.05) is 5.73 Å². The van der Waals surface area contributed by atoms with Crippen molar-refractivity contribution in [1.82, 2.24) is 5.32 Å². The molecule has 0 spiro atoms. The second kappa shape index (κ2) is 7.72. The van der Waals surface area contributed by atoms with Crippen LogP contribution in [0, 0.1) is 11.8 Å². The summed E-state index contributed by atoms with van der Waals surface area (Å²) in [5, 5.41) is 2.57. The van der Waals surface area contributed by atoms with Crippen LogP contribution in [-0.4, -0.2) is 23.4 Å². The first kappa shape index (κ1) is 19.0. The van der Waals surface area contributed by atoms with Gasteiger partial charge in [0.1, 0.15) is 6.04 Å². The van der Waals surface area contributed by atoms with Crippen LogP contribution < -0.4 is 22.5 Å². The third kappa shape index (κ3) is 5.10. The number of nitrogens with two attached hydrogens (primary N) is 3. The highest BCUT2D eigenvalue weighted by atomic mass is 16.2. The van der Waals surface area contributed by atoms with Gasteiger partial charge in [-0.2, -0.15) is 0 Å². The zero-order valence-electron chi connectivity index (χ0n) is 14.7. The second-order valence-electron chi connectivity index (χ2n) is 6.58. The molecule has 2 aromatic carbocycles. The maximum atomic E-state index is 12.3. The van der Waals surface area contributed by atoms with Crippen molar-refractivity contribution in [3.8, 4) is 11.8 Å². The van der Waals surface area contributed by atoms with E-state index in [4.69, 9.17) is 17.2 Å². The van der Waals surface area contributed by atoms with E-state index >= 15 is 0 Å². The normalized spacial score (nSPS) is 11.8. The molecule has 0 fully saturated rings. The number of nitrogens with one attached hydrogen (secondary N) is 1. The number of primary amides is 1. The van der Waals surface area contributed by atoms with Crippen LogP contribution in [0.5, 0.6) is 0 Å². The van der Waals surface area contributed by atoms with E-state index in [0.29, 0.717) is 11.3 Å². The van der Waals surface area contributed by atoms with Crippen molar-refractivity contribution in [3.05, 3.63) is 65.2 Å². The molecule has 0 saturated heterocycles. The molecule has 2 aromatic rings. The zero-order chi connectivity index (χ0) is 19.3. The maximum Gasteiger partial charge on any atom is 0.251 e. The molecule has 26 heavy (non-hydrogen) atoms. The second-order valence-corrected chi connectivity index (χ2v) is 6.58. The van der Waals surface area contributed by atoms with Crippen LogP contribution in [0.2, 0.25) is 0 Å². The lowest BCUT2D eigenvalue weighted by Crippen LogP contribution is -2.60. The summed E-state index contributed by atoms with van der Waals surface area (Å²) in [5.41, 5.74) is 18.5. The number of hydrogen-bond donors (Lipinski definition) is 4. The number of carbonyl (C=O) groups excluding carboxylic acids is 2. The van der Waals surface area contributed by atoms with Gasteiger partial charge in [0.2, 0.25) is 5.91 Å². The molecule has 1 unspecified atom stereocenters. The van der Waals surface area contributed by atoms with Crippen LogP contribution in [0.1, 0.15) is 35.3 Å². The van der Waals surface area contributed by atoms with Crippen LogP contribution in [0.3, 0.4) is 0 Å². The van der Waals surface area contributed by atoms with Crippen LogP contribution in [0.15, 0.2) is 48.5 Å². The SMILES string of the molecule is CC(C)(N)C(NC(=O)c1ccc(C#Cc2ccc(N)cc2)cc1)C(N)=O. The summed E-state index contributed by atoms with van der Waals surface area (Å²) in [7, 11) is 0. The molecule has 0 radical (unpaired) electrons. The first-order valence-corrected chi connectivity index (χ1v) is 8.03. The highest BCUT2D eigenvalue weighted by molar-refractivity contribution is 5.97. The van der Waals surface area contributed by atoms with Gasteiger partial charge < -0.3 is 22.5 Å². The van der Waals surface area contributed by atoms with Crippen LogP contribution in [-0.2, 0) is 4.79 Å². The van der Waals surface area contributed by atoms with Gasteiger partial charge in [-0.05, 0) is 62.4 Å². The average molecular weight is 350 g/mol. The minimum Gasteiger partial charge on any atom is -0.399 e. The highest BCUT2D eigenvalue weighted by Gasteiger charge is 2.31. The molecule has 0 bridgehead atoms. The number of rotatable bonds is 4. The lowest BCUT2D eigenvalue weighted by molar-refractivity contribution is -0.121. The minimum absolute atomic E-state index is 0.388. The molecule has 0 heterocycles. The van der Waals surface area contributed by atoms with Gasteiger partial charge in [-0.15, -0.1) is 0 Å². The molecule has 7 N–H and O–H groups in total. The van der Waals surface area contributed by atoms with Gasteiger partial charge in [0.25, 0.3) is 5.91 Å². The topological polar surface area (TPSA) is 124 Å². The molecule has 0 saturated carbocycles. The number of benzene rings is 2. The van der Waals surface area contributed by atoms with E-state index in [1.165, 1.54) is 0 Å². The molecule has 2 amide bonds. The summed E-state index contributed by atoms with van der Waals surface area (Å²) in [6.45, 7) is 3.25. The van der Waals surface area contributed by atoms with Crippen molar-refractivity contribution >= 4 is 17.5 Å². The summed E-state index contributed by atoms with van der Waals surface area (Å²) in [6.07, 6.45) is 0. The summed E-state index contributed by atoms with van der Waals surface area (Å²) in [6, 6.07) is 13.0. The number of nitrogen functional groups attached to an aromatic ring is 1. The fourth-order valence-corrected chi connectivity index (χ4v) is 2.25. The number of anilines is 1. The monoisotopic (exact) mass is 350 g/mol. The van der Waals surface area contributed by atoms with Crippen molar-refractivity contribution < 1.29 is 9.59 Å². The molecule has 1 atom stereocenters. The standard InChI is InChI=1S/C20H22N4O2/c1-20(2,23)17(18(22)25)24-19(26)15-9-5-13(6-10-15)3-4-14-7-11-16(21)12-8-14/h5-12,17H,21,23H2,1-2H3,(H2,22,25)(H,24,26). The predicted octanol–water partition coefficient (Wildman–Crippen LogP) is 0.990. The maximum absolute atomic E-state index is 12.3. The number of hydrogen-bond acceptors (Lipinski definition) is 4. The van der Waals surface area contributed by atoms with Crippen molar-refractivity contribution in [1.29, 1.82) is 0 Å². The third-order valence-electron chi connectivity index (χ3n) is 3.71. The zero-order valence-corrected chi connectivity index (χ0v) is 14.7. The van der Waals surface area contributed by atoms with E-state index < -0.39 is 23.4 Å². The van der Waals surface area contributed by atoms with E-state index in [9.17, 15) is 9.59 Å². The Morgan fingerprint density at radius 3 is 1.85 bits per heavy atom. The van der Waals surface area contributed by atoms with Gasteiger partial charge >= 0.3 is 0 Å². The van der Waals surface area contributed by atoms with Crippen molar-refractivity contribution in [2.45, 2.75) is 25.4 Å². The molecule has 134 valence electrons. The molecule has 6 heteroatoms.